The number of unbranched alkanes of at least 4 members (excludes halogenated alkanes) is 1. The maximum Gasteiger partial charge on any atom is 0.132 e. The number of nitrogens with zero attached hydrogens (tertiary/aromatic N) is 3. The van der Waals surface area contributed by atoms with E-state index >= 15 is 0 Å². The van der Waals surface area contributed by atoms with Crippen molar-refractivity contribution in [2.75, 3.05) is 17.2 Å². The van der Waals surface area contributed by atoms with Crippen molar-refractivity contribution in [2.45, 2.75) is 33.2 Å². The van der Waals surface area contributed by atoms with Gasteiger partial charge in [0.2, 0.25) is 0 Å². The Balaban J connectivity index is 1.97. The summed E-state index contributed by atoms with van der Waals surface area (Å²) in [6, 6.07) is 5.92. The Morgan fingerprint density at radius 2 is 1.75 bits per heavy atom. The zero-order valence-electron chi connectivity index (χ0n) is 12.1. The van der Waals surface area contributed by atoms with E-state index in [1.54, 1.807) is 12.4 Å². The molecule has 2 heterocycles. The lowest BCUT2D eigenvalue weighted by atomic mass is 10.3. The fourth-order valence-corrected chi connectivity index (χ4v) is 1.84. The summed E-state index contributed by atoms with van der Waals surface area (Å²) in [6.07, 6.45) is 5.90. The van der Waals surface area contributed by atoms with Gasteiger partial charge in [-0.05, 0) is 31.0 Å². The van der Waals surface area contributed by atoms with Crippen molar-refractivity contribution in [3.8, 4) is 0 Å². The van der Waals surface area contributed by atoms with E-state index in [4.69, 9.17) is 0 Å². The predicted molar refractivity (Wildman–Crippen MR) is 81.7 cm³/mol. The molecule has 0 radical (unpaired) electrons. The number of hydrogen-bond donors (Lipinski definition) is 2. The number of pyridine rings is 1. The molecule has 106 valence electrons. The van der Waals surface area contributed by atoms with Crippen LogP contribution in [0.3, 0.4) is 0 Å². The van der Waals surface area contributed by atoms with E-state index in [1.165, 1.54) is 12.0 Å². The molecule has 0 saturated carbocycles. The molecule has 0 spiro atoms. The van der Waals surface area contributed by atoms with E-state index in [0.717, 1.165) is 37.0 Å². The first-order valence-corrected chi connectivity index (χ1v) is 7.00. The number of aryl methyl sites for hydroxylation is 1. The Morgan fingerprint density at radius 3 is 2.45 bits per heavy atom. The zero-order chi connectivity index (χ0) is 14.2. The Bertz CT molecular complexity index is 527. The van der Waals surface area contributed by atoms with E-state index in [-0.39, 0.29) is 0 Å². The van der Waals surface area contributed by atoms with Crippen LogP contribution in [0.15, 0.2) is 30.6 Å². The molecule has 0 aromatic carbocycles. The van der Waals surface area contributed by atoms with Crippen molar-refractivity contribution in [2.24, 2.45) is 0 Å². The minimum Gasteiger partial charge on any atom is -0.370 e. The predicted octanol–water partition coefficient (Wildman–Crippen LogP) is 3.00. The monoisotopic (exact) mass is 271 g/mol. The van der Waals surface area contributed by atoms with Gasteiger partial charge in [-0.3, -0.25) is 4.98 Å². The van der Waals surface area contributed by atoms with Crippen LogP contribution in [0, 0.1) is 6.92 Å². The summed E-state index contributed by atoms with van der Waals surface area (Å²) in [7, 11) is 0. The van der Waals surface area contributed by atoms with Crippen LogP contribution in [0.1, 0.15) is 31.2 Å². The third-order valence-corrected chi connectivity index (χ3v) is 2.90. The van der Waals surface area contributed by atoms with Crippen molar-refractivity contribution < 1.29 is 0 Å². The summed E-state index contributed by atoms with van der Waals surface area (Å²) in [5.74, 6) is 2.49. The fourth-order valence-electron chi connectivity index (χ4n) is 1.84. The molecule has 0 unspecified atom stereocenters. The highest BCUT2D eigenvalue weighted by Gasteiger charge is 2.01. The van der Waals surface area contributed by atoms with Crippen molar-refractivity contribution in [3.05, 3.63) is 42.0 Å². The lowest BCUT2D eigenvalue weighted by molar-refractivity contribution is 0.829. The molecule has 0 atom stereocenters. The topological polar surface area (TPSA) is 62.7 Å². The van der Waals surface area contributed by atoms with Gasteiger partial charge in [-0.15, -0.1) is 0 Å². The van der Waals surface area contributed by atoms with Crippen LogP contribution in [0.2, 0.25) is 0 Å². The van der Waals surface area contributed by atoms with Gasteiger partial charge >= 0.3 is 0 Å². The smallest absolute Gasteiger partial charge is 0.132 e. The zero-order valence-corrected chi connectivity index (χ0v) is 12.1. The standard InChI is InChI=1S/C15H21N5/c1-3-4-7-17-14-10-15(20-12(2)19-14)18-11-13-5-8-16-9-6-13/h5-6,8-10H,3-4,7,11H2,1-2H3,(H2,17,18,19,20). The van der Waals surface area contributed by atoms with E-state index in [1.807, 2.05) is 25.1 Å². The molecular formula is C15H21N5. The molecule has 2 N–H and O–H groups in total. The second-order valence-electron chi connectivity index (χ2n) is 4.67. The summed E-state index contributed by atoms with van der Waals surface area (Å²) in [5, 5.41) is 6.64. The first kappa shape index (κ1) is 14.2. The highest BCUT2D eigenvalue weighted by Crippen LogP contribution is 2.12. The summed E-state index contributed by atoms with van der Waals surface area (Å²) in [4.78, 5) is 12.8. The molecule has 2 aromatic heterocycles. The Labute approximate surface area is 119 Å². The third kappa shape index (κ3) is 4.50. The summed E-state index contributed by atoms with van der Waals surface area (Å²) in [5.41, 5.74) is 1.18. The number of anilines is 2. The van der Waals surface area contributed by atoms with E-state index in [0.29, 0.717) is 0 Å². The summed E-state index contributed by atoms with van der Waals surface area (Å²) in [6.45, 7) is 5.75. The van der Waals surface area contributed by atoms with Crippen LogP contribution >= 0.6 is 0 Å². The van der Waals surface area contributed by atoms with Crippen LogP contribution < -0.4 is 10.6 Å². The number of hydrogen-bond acceptors (Lipinski definition) is 5. The van der Waals surface area contributed by atoms with Gasteiger partial charge in [-0.2, -0.15) is 0 Å². The average molecular weight is 271 g/mol. The Kier molecular flexibility index (Phi) is 5.29. The van der Waals surface area contributed by atoms with Gasteiger partial charge < -0.3 is 10.6 Å². The van der Waals surface area contributed by atoms with E-state index in [9.17, 15) is 0 Å². The largest absolute Gasteiger partial charge is 0.370 e. The van der Waals surface area contributed by atoms with Crippen molar-refractivity contribution in [1.82, 2.24) is 15.0 Å². The average Bonchev–Trinajstić information content (AvgIpc) is 2.46. The first-order valence-electron chi connectivity index (χ1n) is 7.00. The lowest BCUT2D eigenvalue weighted by Gasteiger charge is -2.10. The molecule has 5 nitrogen and oxygen atoms in total. The maximum absolute atomic E-state index is 4.40. The van der Waals surface area contributed by atoms with Crippen LogP contribution in [0.5, 0.6) is 0 Å². The number of aromatic nitrogens is 3. The van der Waals surface area contributed by atoms with Gasteiger partial charge in [-0.1, -0.05) is 13.3 Å². The molecule has 0 saturated heterocycles. The molecule has 0 aliphatic rings. The molecule has 5 heteroatoms. The minimum absolute atomic E-state index is 0.730. The molecule has 0 bridgehead atoms. The minimum atomic E-state index is 0.730. The van der Waals surface area contributed by atoms with Crippen LogP contribution in [-0.4, -0.2) is 21.5 Å². The molecule has 2 rings (SSSR count). The summed E-state index contributed by atoms with van der Waals surface area (Å²) < 4.78 is 0. The van der Waals surface area contributed by atoms with E-state index < -0.39 is 0 Å². The van der Waals surface area contributed by atoms with Gasteiger partial charge in [0.15, 0.2) is 0 Å². The SMILES string of the molecule is CCCCNc1cc(NCc2ccncc2)nc(C)n1. The lowest BCUT2D eigenvalue weighted by Crippen LogP contribution is -2.07. The molecule has 20 heavy (non-hydrogen) atoms. The van der Waals surface area contributed by atoms with Crippen LogP contribution in [0.4, 0.5) is 11.6 Å². The molecule has 2 aromatic rings. The van der Waals surface area contributed by atoms with Crippen LogP contribution in [0.25, 0.3) is 0 Å². The molecule has 0 aliphatic carbocycles. The summed E-state index contributed by atoms with van der Waals surface area (Å²) >= 11 is 0. The van der Waals surface area contributed by atoms with Crippen molar-refractivity contribution >= 4 is 11.6 Å². The second-order valence-corrected chi connectivity index (χ2v) is 4.67. The molecule has 0 aliphatic heterocycles. The fraction of sp³-hybridized carbons (Fsp3) is 0.400. The number of nitrogens with one attached hydrogen (secondary N) is 2. The highest BCUT2D eigenvalue weighted by molar-refractivity contribution is 5.47. The molecular weight excluding hydrogens is 250 g/mol. The van der Waals surface area contributed by atoms with Gasteiger partial charge in [0, 0.05) is 31.5 Å². The second kappa shape index (κ2) is 7.43. The Hall–Kier alpha value is -2.17. The quantitative estimate of drug-likeness (QED) is 0.758. The third-order valence-electron chi connectivity index (χ3n) is 2.90. The van der Waals surface area contributed by atoms with E-state index in [2.05, 4.69) is 32.5 Å². The van der Waals surface area contributed by atoms with Crippen molar-refractivity contribution in [1.29, 1.82) is 0 Å². The maximum atomic E-state index is 4.40. The molecule has 0 fully saturated rings. The van der Waals surface area contributed by atoms with Crippen molar-refractivity contribution in [3.63, 3.8) is 0 Å². The highest BCUT2D eigenvalue weighted by atomic mass is 15.1. The van der Waals surface area contributed by atoms with Gasteiger partial charge in [0.05, 0.1) is 0 Å². The number of rotatable bonds is 7. The normalized spacial score (nSPS) is 10.3. The van der Waals surface area contributed by atoms with Crippen LogP contribution in [-0.2, 0) is 6.54 Å². The van der Waals surface area contributed by atoms with Gasteiger partial charge in [0.25, 0.3) is 0 Å². The molecule has 0 amide bonds. The Morgan fingerprint density at radius 1 is 1.05 bits per heavy atom. The van der Waals surface area contributed by atoms with Gasteiger partial charge in [0.1, 0.15) is 17.5 Å². The first-order chi connectivity index (χ1) is 9.78. The van der Waals surface area contributed by atoms with Gasteiger partial charge in [-0.25, -0.2) is 9.97 Å².